The van der Waals surface area contributed by atoms with Gasteiger partial charge in [0.25, 0.3) is 0 Å². The van der Waals surface area contributed by atoms with Crippen molar-refractivity contribution in [2.45, 2.75) is 6.92 Å². The topological polar surface area (TPSA) is 50.4 Å². The molecule has 0 bridgehead atoms. The average molecular weight is 287 g/mol. The van der Waals surface area contributed by atoms with E-state index in [1.165, 1.54) is 0 Å². The summed E-state index contributed by atoms with van der Waals surface area (Å²) in [7, 11) is 0. The number of benzene rings is 2. The summed E-state index contributed by atoms with van der Waals surface area (Å²) in [6.07, 6.45) is 0. The van der Waals surface area contributed by atoms with Gasteiger partial charge in [0, 0.05) is 10.6 Å². The van der Waals surface area contributed by atoms with Gasteiger partial charge >= 0.3 is 0 Å². The minimum absolute atomic E-state index is 0.157. The number of aryl methyl sites for hydroxylation is 1. The van der Waals surface area contributed by atoms with Crippen LogP contribution in [-0.2, 0) is 0 Å². The first-order valence-corrected chi connectivity index (χ1v) is 6.46. The van der Waals surface area contributed by atoms with Crippen molar-refractivity contribution in [3.63, 3.8) is 0 Å². The predicted molar refractivity (Wildman–Crippen MR) is 79.3 cm³/mol. The fraction of sp³-hybridized carbons (Fsp3) is 0.0625. The van der Waals surface area contributed by atoms with Crippen molar-refractivity contribution in [1.29, 1.82) is 0 Å². The predicted octanol–water partition coefficient (Wildman–Crippen LogP) is 4.13. The van der Waals surface area contributed by atoms with Crippen LogP contribution in [0.3, 0.4) is 0 Å². The number of fused-ring (bicyclic) bond motifs is 1. The summed E-state index contributed by atoms with van der Waals surface area (Å²) in [5.41, 5.74) is 1.61. The van der Waals surface area contributed by atoms with Crippen molar-refractivity contribution in [3.05, 3.63) is 63.3 Å². The third-order valence-electron chi connectivity index (χ3n) is 3.13. The van der Waals surface area contributed by atoms with E-state index in [2.05, 4.69) is 0 Å². The molecule has 0 radical (unpaired) electrons. The van der Waals surface area contributed by atoms with Crippen LogP contribution in [0.25, 0.3) is 22.3 Å². The van der Waals surface area contributed by atoms with E-state index >= 15 is 0 Å². The summed E-state index contributed by atoms with van der Waals surface area (Å²) < 4.78 is 5.69. The summed E-state index contributed by atoms with van der Waals surface area (Å²) in [5, 5.41) is 11.0. The maximum Gasteiger partial charge on any atom is 0.235 e. The Kier molecular flexibility index (Phi) is 2.99. The highest BCUT2D eigenvalue weighted by atomic mass is 35.5. The van der Waals surface area contributed by atoms with Crippen molar-refractivity contribution in [3.8, 4) is 17.1 Å². The lowest BCUT2D eigenvalue weighted by Crippen LogP contribution is -2.02. The van der Waals surface area contributed by atoms with Crippen LogP contribution in [-0.4, -0.2) is 5.11 Å². The highest BCUT2D eigenvalue weighted by molar-refractivity contribution is 6.30. The van der Waals surface area contributed by atoms with Crippen LogP contribution in [0.1, 0.15) is 5.56 Å². The van der Waals surface area contributed by atoms with Gasteiger partial charge in [0.1, 0.15) is 5.58 Å². The van der Waals surface area contributed by atoms with Crippen LogP contribution < -0.4 is 5.43 Å². The Morgan fingerprint density at radius 1 is 1.10 bits per heavy atom. The number of halogens is 1. The highest BCUT2D eigenvalue weighted by Crippen LogP contribution is 2.30. The molecule has 3 nitrogen and oxygen atoms in total. The molecule has 1 aromatic heterocycles. The van der Waals surface area contributed by atoms with E-state index in [9.17, 15) is 9.90 Å². The summed E-state index contributed by atoms with van der Waals surface area (Å²) in [6.45, 7) is 1.91. The molecule has 1 N–H and O–H groups in total. The van der Waals surface area contributed by atoms with Crippen LogP contribution in [0.4, 0.5) is 0 Å². The molecule has 100 valence electrons. The van der Waals surface area contributed by atoms with Gasteiger partial charge in [0.05, 0.1) is 5.39 Å². The van der Waals surface area contributed by atoms with Gasteiger partial charge in [0.2, 0.25) is 11.2 Å². The number of aromatic hydroxyl groups is 1. The van der Waals surface area contributed by atoms with E-state index in [0.29, 0.717) is 21.6 Å². The van der Waals surface area contributed by atoms with Gasteiger partial charge < -0.3 is 9.52 Å². The molecule has 0 atom stereocenters. The molecule has 2 aromatic carbocycles. The zero-order chi connectivity index (χ0) is 14.3. The van der Waals surface area contributed by atoms with Crippen molar-refractivity contribution in [1.82, 2.24) is 0 Å². The van der Waals surface area contributed by atoms with Gasteiger partial charge in [-0.2, -0.15) is 0 Å². The molecule has 4 heteroatoms. The van der Waals surface area contributed by atoms with Gasteiger partial charge in [-0.15, -0.1) is 0 Å². The number of hydrogen-bond acceptors (Lipinski definition) is 3. The Morgan fingerprint density at radius 3 is 2.50 bits per heavy atom. The third-order valence-corrected chi connectivity index (χ3v) is 3.38. The third kappa shape index (κ3) is 2.06. The SMILES string of the molecule is Cc1ccc2c(=O)c(O)c(-c3ccc(Cl)cc3)oc2c1. The molecular weight excluding hydrogens is 276 g/mol. The highest BCUT2D eigenvalue weighted by Gasteiger charge is 2.15. The van der Waals surface area contributed by atoms with E-state index in [4.69, 9.17) is 16.0 Å². The lowest BCUT2D eigenvalue weighted by molar-refractivity contribution is 0.449. The van der Waals surface area contributed by atoms with E-state index < -0.39 is 5.43 Å². The largest absolute Gasteiger partial charge is 0.502 e. The molecule has 1 heterocycles. The molecule has 0 saturated carbocycles. The molecule has 20 heavy (non-hydrogen) atoms. The first kappa shape index (κ1) is 12.8. The molecule has 0 fully saturated rings. The van der Waals surface area contributed by atoms with Crippen molar-refractivity contribution in [2.75, 3.05) is 0 Å². The van der Waals surface area contributed by atoms with E-state index in [-0.39, 0.29) is 11.5 Å². The van der Waals surface area contributed by atoms with Gasteiger partial charge in [-0.3, -0.25) is 4.79 Å². The normalized spacial score (nSPS) is 10.9. The van der Waals surface area contributed by atoms with Crippen LogP contribution >= 0.6 is 11.6 Å². The second-order valence-electron chi connectivity index (χ2n) is 4.62. The smallest absolute Gasteiger partial charge is 0.235 e. The van der Waals surface area contributed by atoms with Gasteiger partial charge in [-0.05, 0) is 48.9 Å². The lowest BCUT2D eigenvalue weighted by Gasteiger charge is -2.06. The molecule has 3 rings (SSSR count). The van der Waals surface area contributed by atoms with Crippen LogP contribution in [0.15, 0.2) is 51.7 Å². The maximum absolute atomic E-state index is 12.2. The van der Waals surface area contributed by atoms with E-state index in [0.717, 1.165) is 5.56 Å². The van der Waals surface area contributed by atoms with Crippen molar-refractivity contribution >= 4 is 22.6 Å². The summed E-state index contributed by atoms with van der Waals surface area (Å²) in [6, 6.07) is 12.0. The molecule has 0 spiro atoms. The number of rotatable bonds is 1. The second-order valence-corrected chi connectivity index (χ2v) is 5.05. The van der Waals surface area contributed by atoms with Gasteiger partial charge in [0.15, 0.2) is 5.76 Å². The molecule has 0 aliphatic heterocycles. The minimum Gasteiger partial charge on any atom is -0.502 e. The Bertz CT molecular complexity index is 848. The first-order valence-electron chi connectivity index (χ1n) is 6.08. The zero-order valence-electron chi connectivity index (χ0n) is 10.7. The molecule has 0 saturated heterocycles. The first-order chi connectivity index (χ1) is 9.56. The van der Waals surface area contributed by atoms with Crippen LogP contribution in [0.5, 0.6) is 5.75 Å². The second kappa shape index (κ2) is 4.69. The van der Waals surface area contributed by atoms with Crippen molar-refractivity contribution in [2.24, 2.45) is 0 Å². The summed E-state index contributed by atoms with van der Waals surface area (Å²) >= 11 is 5.83. The van der Waals surface area contributed by atoms with Crippen molar-refractivity contribution < 1.29 is 9.52 Å². The fourth-order valence-corrected chi connectivity index (χ4v) is 2.21. The van der Waals surface area contributed by atoms with Crippen LogP contribution in [0, 0.1) is 6.92 Å². The standard InChI is InChI=1S/C16H11ClO3/c1-9-2-7-12-13(8-9)20-16(15(19)14(12)18)10-3-5-11(17)6-4-10/h2-8,19H,1H3. The van der Waals surface area contributed by atoms with Gasteiger partial charge in [-0.1, -0.05) is 17.7 Å². The lowest BCUT2D eigenvalue weighted by atomic mass is 10.1. The Hall–Kier alpha value is -2.26. The molecule has 0 amide bonds. The van der Waals surface area contributed by atoms with E-state index in [1.807, 2.05) is 6.92 Å². The fourth-order valence-electron chi connectivity index (χ4n) is 2.09. The number of hydrogen-bond donors (Lipinski definition) is 1. The van der Waals surface area contributed by atoms with Gasteiger partial charge in [-0.25, -0.2) is 0 Å². The molecular formula is C16H11ClO3. The minimum atomic E-state index is -0.434. The Labute approximate surface area is 120 Å². The maximum atomic E-state index is 12.2. The molecule has 0 aliphatic rings. The molecule has 0 aliphatic carbocycles. The Morgan fingerprint density at radius 2 is 1.80 bits per heavy atom. The quantitative estimate of drug-likeness (QED) is 0.732. The monoisotopic (exact) mass is 286 g/mol. The Balaban J connectivity index is 2.33. The average Bonchev–Trinajstić information content (AvgIpc) is 2.44. The summed E-state index contributed by atoms with van der Waals surface area (Å²) in [4.78, 5) is 12.2. The van der Waals surface area contributed by atoms with Crippen LogP contribution in [0.2, 0.25) is 5.02 Å². The zero-order valence-corrected chi connectivity index (χ0v) is 11.4. The van der Waals surface area contributed by atoms with E-state index in [1.54, 1.807) is 42.5 Å². The summed E-state index contributed by atoms with van der Waals surface area (Å²) in [5.74, 6) is -0.228. The molecule has 0 unspecified atom stereocenters. The molecule has 3 aromatic rings.